The number of rotatable bonds is 3. The fourth-order valence-corrected chi connectivity index (χ4v) is 2.21. The lowest BCUT2D eigenvalue weighted by Gasteiger charge is -2.37. The molecule has 0 heterocycles. The van der Waals surface area contributed by atoms with Crippen LogP contribution in [0.1, 0.15) is 33.3 Å². The van der Waals surface area contributed by atoms with Crippen molar-refractivity contribution in [3.05, 3.63) is 28.2 Å². The van der Waals surface area contributed by atoms with Crippen molar-refractivity contribution in [1.29, 1.82) is 0 Å². The minimum atomic E-state index is 0.121. The molecule has 1 atom stereocenters. The predicted octanol–water partition coefficient (Wildman–Crippen LogP) is 3.41. The van der Waals surface area contributed by atoms with Crippen LogP contribution in [0.15, 0.2) is 27.8 Å². The van der Waals surface area contributed by atoms with E-state index in [2.05, 4.69) is 53.7 Å². The molecular weight excluding hydrogens is 306 g/mol. The van der Waals surface area contributed by atoms with Crippen LogP contribution < -0.4 is 10.6 Å². The highest BCUT2D eigenvalue weighted by Gasteiger charge is 2.26. The molecule has 0 aliphatic rings. The molecule has 0 radical (unpaired) electrons. The van der Waals surface area contributed by atoms with Gasteiger partial charge in [0.2, 0.25) is 0 Å². The second kappa shape index (κ2) is 5.82. The summed E-state index contributed by atoms with van der Waals surface area (Å²) in [6.07, 6.45) is 0. The molecule has 1 aromatic carbocycles. The van der Waals surface area contributed by atoms with E-state index in [0.717, 1.165) is 15.7 Å². The van der Waals surface area contributed by atoms with E-state index in [0.29, 0.717) is 6.04 Å². The van der Waals surface area contributed by atoms with Crippen LogP contribution in [-0.4, -0.2) is 24.1 Å². The molecule has 19 heavy (non-hydrogen) atoms. The Morgan fingerprint density at radius 1 is 1.42 bits per heavy atom. The van der Waals surface area contributed by atoms with Crippen LogP contribution in [-0.2, 0) is 0 Å². The number of nitrogens with two attached hydrogens (primary N) is 1. The van der Waals surface area contributed by atoms with Crippen LogP contribution in [0, 0.1) is 5.41 Å². The Morgan fingerprint density at radius 3 is 2.47 bits per heavy atom. The predicted molar refractivity (Wildman–Crippen MR) is 84.0 cm³/mol. The average Bonchev–Trinajstić information content (AvgIpc) is 2.34. The first-order chi connectivity index (χ1) is 8.68. The Morgan fingerprint density at radius 2 is 2.00 bits per heavy atom. The maximum atomic E-state index is 8.89. The van der Waals surface area contributed by atoms with Crippen molar-refractivity contribution >= 4 is 27.5 Å². The summed E-state index contributed by atoms with van der Waals surface area (Å²) < 4.78 is 0.963. The van der Waals surface area contributed by atoms with Gasteiger partial charge in [-0.3, -0.25) is 0 Å². The maximum absolute atomic E-state index is 8.89. The van der Waals surface area contributed by atoms with Gasteiger partial charge in [0.1, 0.15) is 0 Å². The van der Waals surface area contributed by atoms with E-state index in [9.17, 15) is 0 Å². The van der Waals surface area contributed by atoms with Crippen molar-refractivity contribution < 1.29 is 5.21 Å². The van der Waals surface area contributed by atoms with Gasteiger partial charge in [-0.25, -0.2) is 0 Å². The van der Waals surface area contributed by atoms with Crippen LogP contribution in [0.4, 0.5) is 5.69 Å². The van der Waals surface area contributed by atoms with Crippen molar-refractivity contribution in [3.63, 3.8) is 0 Å². The molecule has 0 amide bonds. The zero-order valence-corrected chi connectivity index (χ0v) is 13.7. The second-order valence-electron chi connectivity index (χ2n) is 5.80. The summed E-state index contributed by atoms with van der Waals surface area (Å²) in [5.74, 6) is 0.121. The maximum Gasteiger partial charge on any atom is 0.172 e. The van der Waals surface area contributed by atoms with E-state index >= 15 is 0 Å². The molecule has 3 N–H and O–H groups in total. The van der Waals surface area contributed by atoms with E-state index in [1.807, 2.05) is 25.2 Å². The summed E-state index contributed by atoms with van der Waals surface area (Å²) in [6, 6.07) is 6.01. The van der Waals surface area contributed by atoms with E-state index in [-0.39, 0.29) is 11.3 Å². The lowest BCUT2D eigenvalue weighted by atomic mass is 9.86. The number of nitrogens with zero attached hydrogens (tertiary/aromatic N) is 2. The Labute approximate surface area is 123 Å². The van der Waals surface area contributed by atoms with Gasteiger partial charge >= 0.3 is 0 Å². The summed E-state index contributed by atoms with van der Waals surface area (Å²) in [4.78, 5) is 2.15. The van der Waals surface area contributed by atoms with Crippen LogP contribution in [0.25, 0.3) is 0 Å². The zero-order valence-electron chi connectivity index (χ0n) is 12.1. The van der Waals surface area contributed by atoms with Gasteiger partial charge in [0, 0.05) is 28.8 Å². The van der Waals surface area contributed by atoms with E-state index in [1.165, 1.54) is 0 Å². The van der Waals surface area contributed by atoms with E-state index < -0.39 is 0 Å². The number of benzene rings is 1. The van der Waals surface area contributed by atoms with Crippen LogP contribution in [0.2, 0.25) is 0 Å². The number of amidine groups is 1. The Bertz CT molecular complexity index is 480. The van der Waals surface area contributed by atoms with Crippen LogP contribution >= 0.6 is 15.9 Å². The quantitative estimate of drug-likeness (QED) is 0.387. The van der Waals surface area contributed by atoms with Gasteiger partial charge in [-0.05, 0) is 30.5 Å². The molecule has 0 saturated carbocycles. The molecule has 0 aliphatic carbocycles. The third-order valence-electron chi connectivity index (χ3n) is 3.56. The average molecular weight is 328 g/mol. The fraction of sp³-hybridized carbons (Fsp3) is 0.500. The number of anilines is 1. The highest BCUT2D eigenvalue weighted by molar-refractivity contribution is 9.10. The third kappa shape index (κ3) is 3.62. The number of halogens is 1. The molecule has 0 aliphatic heterocycles. The number of hydrogen-bond donors (Lipinski definition) is 2. The molecule has 5 heteroatoms. The minimum absolute atomic E-state index is 0.121. The van der Waals surface area contributed by atoms with Crippen molar-refractivity contribution in [2.75, 3.05) is 11.9 Å². The SMILES string of the molecule is CC(N(C)c1cc(Br)ccc1/C(N)=N/O)C(C)(C)C. The van der Waals surface area contributed by atoms with Crippen LogP contribution in [0.5, 0.6) is 0 Å². The van der Waals surface area contributed by atoms with Gasteiger partial charge < -0.3 is 15.8 Å². The highest BCUT2D eigenvalue weighted by Crippen LogP contribution is 2.31. The molecule has 4 nitrogen and oxygen atoms in total. The minimum Gasteiger partial charge on any atom is -0.409 e. The van der Waals surface area contributed by atoms with Crippen molar-refractivity contribution in [1.82, 2.24) is 0 Å². The smallest absolute Gasteiger partial charge is 0.172 e. The van der Waals surface area contributed by atoms with Crippen molar-refractivity contribution in [3.8, 4) is 0 Å². The van der Waals surface area contributed by atoms with Crippen LogP contribution in [0.3, 0.4) is 0 Å². The molecule has 0 fully saturated rings. The van der Waals surface area contributed by atoms with Gasteiger partial charge in [-0.2, -0.15) is 0 Å². The highest BCUT2D eigenvalue weighted by atomic mass is 79.9. The molecule has 1 unspecified atom stereocenters. The van der Waals surface area contributed by atoms with Gasteiger partial charge in [-0.15, -0.1) is 0 Å². The first-order valence-corrected chi connectivity index (χ1v) is 6.98. The van der Waals surface area contributed by atoms with Gasteiger partial charge in [0.25, 0.3) is 0 Å². The van der Waals surface area contributed by atoms with Gasteiger partial charge in [0.05, 0.1) is 0 Å². The second-order valence-corrected chi connectivity index (χ2v) is 6.72. The standard InChI is InChI=1S/C14H22BrN3O/c1-9(14(2,3)4)18(5)12-8-10(15)6-7-11(12)13(16)17-19/h6-9,19H,1-5H3,(H2,16,17). The fourth-order valence-electron chi connectivity index (χ4n) is 1.86. The molecule has 0 spiro atoms. The zero-order chi connectivity index (χ0) is 14.8. The summed E-state index contributed by atoms with van der Waals surface area (Å²) >= 11 is 3.47. The summed E-state index contributed by atoms with van der Waals surface area (Å²) in [5.41, 5.74) is 7.54. The molecule has 1 rings (SSSR count). The van der Waals surface area contributed by atoms with E-state index in [4.69, 9.17) is 10.9 Å². The molecule has 0 aromatic heterocycles. The first-order valence-electron chi connectivity index (χ1n) is 6.18. The molecule has 0 saturated heterocycles. The normalized spacial score (nSPS) is 14.3. The van der Waals surface area contributed by atoms with Crippen molar-refractivity contribution in [2.24, 2.45) is 16.3 Å². The summed E-state index contributed by atoms with van der Waals surface area (Å²) in [6.45, 7) is 8.73. The molecule has 106 valence electrons. The Hall–Kier alpha value is -1.23. The Balaban J connectivity index is 3.29. The Kier molecular flexibility index (Phi) is 4.85. The van der Waals surface area contributed by atoms with E-state index in [1.54, 1.807) is 0 Å². The molecule has 0 bridgehead atoms. The molecule has 1 aromatic rings. The monoisotopic (exact) mass is 327 g/mol. The van der Waals surface area contributed by atoms with Gasteiger partial charge in [0.15, 0.2) is 5.84 Å². The topological polar surface area (TPSA) is 61.8 Å². The number of hydrogen-bond acceptors (Lipinski definition) is 3. The summed E-state index contributed by atoms with van der Waals surface area (Å²) in [7, 11) is 2.02. The van der Waals surface area contributed by atoms with Gasteiger partial charge in [-0.1, -0.05) is 41.9 Å². The number of oxime groups is 1. The lowest BCUT2D eigenvalue weighted by molar-refractivity contribution is 0.318. The first kappa shape index (κ1) is 15.8. The third-order valence-corrected chi connectivity index (χ3v) is 4.05. The lowest BCUT2D eigenvalue weighted by Crippen LogP contribution is -2.40. The largest absolute Gasteiger partial charge is 0.409 e. The molecular formula is C14H22BrN3O. The summed E-state index contributed by atoms with van der Waals surface area (Å²) in [5, 5.41) is 12.0. The van der Waals surface area contributed by atoms with Crippen molar-refractivity contribution in [2.45, 2.75) is 33.7 Å².